The fraction of sp³-hybridized carbons (Fsp3) is 0.783. The van der Waals surface area contributed by atoms with E-state index in [1.54, 1.807) is 0 Å². The summed E-state index contributed by atoms with van der Waals surface area (Å²) >= 11 is 0. The van der Waals surface area contributed by atoms with E-state index in [4.69, 9.17) is 10.3 Å². The quantitative estimate of drug-likeness (QED) is 0.326. The summed E-state index contributed by atoms with van der Waals surface area (Å²) in [6.45, 7) is 8.14. The molecule has 0 radical (unpaired) electrons. The van der Waals surface area contributed by atoms with Crippen LogP contribution in [0, 0.1) is 11.8 Å². The van der Waals surface area contributed by atoms with Gasteiger partial charge in [-0.25, -0.2) is 4.79 Å². The predicted octanol–water partition coefficient (Wildman–Crippen LogP) is 5.24. The molecule has 1 aliphatic heterocycles. The number of nitrogens with zero attached hydrogens (tertiary/aromatic N) is 7. The Morgan fingerprint density at radius 3 is 2.59 bits per heavy atom. The van der Waals surface area contributed by atoms with Crippen LogP contribution >= 0.6 is 0 Å². The Labute approximate surface area is 190 Å². The molecule has 1 amide bonds. The highest BCUT2D eigenvalue weighted by Gasteiger charge is 2.35. The van der Waals surface area contributed by atoms with Crippen LogP contribution in [0.1, 0.15) is 77.5 Å². The zero-order chi connectivity index (χ0) is 22.7. The highest BCUT2D eigenvalue weighted by atomic mass is 16.6. The Balaban J connectivity index is 1.45. The number of hydrogen-bond donors (Lipinski definition) is 0. The summed E-state index contributed by atoms with van der Waals surface area (Å²) in [6.07, 6.45) is 7.52. The van der Waals surface area contributed by atoms with Gasteiger partial charge in [0.2, 0.25) is 0 Å². The van der Waals surface area contributed by atoms with Gasteiger partial charge in [0.05, 0.1) is 17.8 Å². The maximum Gasteiger partial charge on any atom is 0.410 e. The van der Waals surface area contributed by atoms with E-state index in [0.29, 0.717) is 11.8 Å². The summed E-state index contributed by atoms with van der Waals surface area (Å²) in [7, 11) is 0. The van der Waals surface area contributed by atoms with E-state index in [2.05, 4.69) is 25.1 Å². The molecule has 2 aliphatic carbocycles. The number of piperidine rings is 1. The van der Waals surface area contributed by atoms with E-state index in [1.165, 1.54) is 19.3 Å². The van der Waals surface area contributed by atoms with Crippen LogP contribution in [-0.4, -0.2) is 52.5 Å². The van der Waals surface area contributed by atoms with Gasteiger partial charge in [-0.1, -0.05) is 11.5 Å². The first-order chi connectivity index (χ1) is 15.3. The fourth-order valence-electron chi connectivity index (χ4n) is 4.59. The molecule has 3 fully saturated rings. The first kappa shape index (κ1) is 22.6. The number of rotatable bonds is 7. The molecule has 2 heterocycles. The monoisotopic (exact) mass is 441 g/mol. The normalized spacial score (nSPS) is 22.5. The molecule has 0 bridgehead atoms. The van der Waals surface area contributed by atoms with E-state index in [-0.39, 0.29) is 18.2 Å². The van der Waals surface area contributed by atoms with Gasteiger partial charge in [-0.05, 0) is 88.8 Å². The molecule has 9 heteroatoms. The summed E-state index contributed by atoms with van der Waals surface area (Å²) < 4.78 is 5.76. The average Bonchev–Trinajstić information content (AvgIpc) is 3.55. The van der Waals surface area contributed by atoms with Gasteiger partial charge >= 0.3 is 6.09 Å². The van der Waals surface area contributed by atoms with Gasteiger partial charge in [0, 0.05) is 24.5 Å². The van der Waals surface area contributed by atoms with Crippen molar-refractivity contribution in [2.75, 3.05) is 24.5 Å². The third-order valence-electron chi connectivity index (χ3n) is 6.69. The van der Waals surface area contributed by atoms with Crippen molar-refractivity contribution in [1.29, 1.82) is 0 Å². The van der Waals surface area contributed by atoms with Crippen molar-refractivity contribution >= 4 is 11.9 Å². The second-order valence-corrected chi connectivity index (χ2v) is 10.5. The Morgan fingerprint density at radius 2 is 2.03 bits per heavy atom. The summed E-state index contributed by atoms with van der Waals surface area (Å²) in [5.41, 5.74) is 9.11. The molecule has 9 nitrogen and oxygen atoms in total. The molecule has 0 aromatic carbocycles. The van der Waals surface area contributed by atoms with Crippen LogP contribution in [0.2, 0.25) is 0 Å². The Hall–Kier alpha value is -2.54. The minimum atomic E-state index is -0.505. The molecule has 1 aromatic heterocycles. The maximum absolute atomic E-state index is 13.0. The first-order valence-electron chi connectivity index (χ1n) is 12.0. The molecule has 3 aliphatic rings. The number of anilines is 1. The Morgan fingerprint density at radius 1 is 1.25 bits per heavy atom. The molecule has 1 unspecified atom stereocenters. The Bertz CT molecular complexity index is 839. The third kappa shape index (κ3) is 5.63. The number of azide groups is 1. The standard InChI is InChI=1S/C23H35N7O2/c1-23(2,3)32-22(31)30(14-16-6-4-7-16)18-8-5-13-29(15-18)20-12-11-19(25-26-20)21(27-28-24)17-9-10-17/h11-12,16-18,21H,4-10,13-15H2,1-3H3/t18-,21?/m1/s1. The van der Waals surface area contributed by atoms with Crippen LogP contribution in [0.15, 0.2) is 17.2 Å². The minimum absolute atomic E-state index is 0.100. The summed E-state index contributed by atoms with van der Waals surface area (Å²) in [5, 5.41) is 12.8. The van der Waals surface area contributed by atoms with Crippen LogP contribution in [0.25, 0.3) is 10.4 Å². The predicted molar refractivity (Wildman–Crippen MR) is 122 cm³/mol. The second kappa shape index (κ2) is 9.53. The molecule has 32 heavy (non-hydrogen) atoms. The van der Waals surface area contributed by atoms with Gasteiger partial charge in [-0.2, -0.15) is 5.10 Å². The first-order valence-corrected chi connectivity index (χ1v) is 12.0. The van der Waals surface area contributed by atoms with Crippen molar-refractivity contribution in [3.05, 3.63) is 28.3 Å². The molecule has 0 N–H and O–H groups in total. The largest absolute Gasteiger partial charge is 0.444 e. The SMILES string of the molecule is CC(C)(C)OC(=O)N(CC1CCC1)[C@@H]1CCCN(c2ccc(C(N=[N+]=[N-])C3CC3)nn2)C1. The summed E-state index contributed by atoms with van der Waals surface area (Å²) in [4.78, 5) is 20.2. The van der Waals surface area contributed by atoms with Gasteiger partial charge < -0.3 is 14.5 Å². The zero-order valence-corrected chi connectivity index (χ0v) is 19.5. The van der Waals surface area contributed by atoms with Gasteiger partial charge in [0.15, 0.2) is 5.82 Å². The fourth-order valence-corrected chi connectivity index (χ4v) is 4.59. The van der Waals surface area contributed by atoms with Crippen molar-refractivity contribution in [2.24, 2.45) is 17.0 Å². The maximum atomic E-state index is 13.0. The number of carbonyl (C=O) groups is 1. The van der Waals surface area contributed by atoms with Gasteiger partial charge in [0.25, 0.3) is 0 Å². The number of aromatic nitrogens is 2. The van der Waals surface area contributed by atoms with E-state index in [9.17, 15) is 4.79 Å². The summed E-state index contributed by atoms with van der Waals surface area (Å²) in [6, 6.07) is 3.78. The lowest BCUT2D eigenvalue weighted by Gasteiger charge is -2.42. The van der Waals surface area contributed by atoms with Crippen LogP contribution in [-0.2, 0) is 4.74 Å². The number of amides is 1. The van der Waals surface area contributed by atoms with Crippen LogP contribution < -0.4 is 4.90 Å². The van der Waals surface area contributed by atoms with Crippen LogP contribution in [0.3, 0.4) is 0 Å². The van der Waals surface area contributed by atoms with E-state index < -0.39 is 5.60 Å². The third-order valence-corrected chi connectivity index (χ3v) is 6.69. The van der Waals surface area contributed by atoms with Gasteiger partial charge in [-0.3, -0.25) is 0 Å². The number of ether oxygens (including phenoxy) is 1. The molecule has 0 spiro atoms. The lowest BCUT2D eigenvalue weighted by atomic mass is 9.84. The minimum Gasteiger partial charge on any atom is -0.444 e. The molecule has 2 atom stereocenters. The highest BCUT2D eigenvalue weighted by Crippen LogP contribution is 2.43. The molecular formula is C23H35N7O2. The molecule has 1 aromatic rings. The molecule has 2 saturated carbocycles. The van der Waals surface area contributed by atoms with E-state index in [0.717, 1.165) is 56.8 Å². The van der Waals surface area contributed by atoms with Gasteiger partial charge in [0.1, 0.15) is 5.60 Å². The Kier molecular flexibility index (Phi) is 6.74. The summed E-state index contributed by atoms with van der Waals surface area (Å²) in [5.74, 6) is 1.78. The highest BCUT2D eigenvalue weighted by molar-refractivity contribution is 5.68. The second-order valence-electron chi connectivity index (χ2n) is 10.5. The topological polar surface area (TPSA) is 107 Å². The van der Waals surface area contributed by atoms with Crippen molar-refractivity contribution in [1.82, 2.24) is 15.1 Å². The lowest BCUT2D eigenvalue weighted by molar-refractivity contribution is 0.00733. The molecular weight excluding hydrogens is 406 g/mol. The van der Waals surface area contributed by atoms with Gasteiger partial charge in [-0.15, -0.1) is 5.10 Å². The lowest BCUT2D eigenvalue weighted by Crippen LogP contribution is -2.53. The van der Waals surface area contributed by atoms with E-state index >= 15 is 0 Å². The smallest absolute Gasteiger partial charge is 0.410 e. The average molecular weight is 442 g/mol. The van der Waals surface area contributed by atoms with Crippen LogP contribution in [0.4, 0.5) is 10.6 Å². The van der Waals surface area contributed by atoms with Crippen molar-refractivity contribution in [3.8, 4) is 0 Å². The van der Waals surface area contributed by atoms with Crippen molar-refractivity contribution in [2.45, 2.75) is 83.4 Å². The number of carbonyl (C=O) groups excluding carboxylic acids is 1. The van der Waals surface area contributed by atoms with Crippen LogP contribution in [0.5, 0.6) is 0 Å². The molecule has 1 saturated heterocycles. The molecule has 4 rings (SSSR count). The number of hydrogen-bond acceptors (Lipinski definition) is 6. The van der Waals surface area contributed by atoms with Crippen molar-refractivity contribution < 1.29 is 9.53 Å². The zero-order valence-electron chi connectivity index (χ0n) is 19.5. The van der Waals surface area contributed by atoms with Crippen molar-refractivity contribution in [3.63, 3.8) is 0 Å². The van der Waals surface area contributed by atoms with E-state index in [1.807, 2.05) is 37.8 Å². The molecule has 174 valence electrons.